The number of amides is 1. The maximum atomic E-state index is 13.0. The van der Waals surface area contributed by atoms with E-state index in [9.17, 15) is 4.79 Å². The number of alkyl halides is 1. The van der Waals surface area contributed by atoms with Crippen molar-refractivity contribution in [1.82, 2.24) is 4.90 Å². The second-order valence-corrected chi connectivity index (χ2v) is 7.97. The van der Waals surface area contributed by atoms with Crippen LogP contribution in [0.2, 0.25) is 0 Å². The fourth-order valence-electron chi connectivity index (χ4n) is 3.46. The molecule has 2 aliphatic rings. The van der Waals surface area contributed by atoms with E-state index in [1.54, 1.807) is 11.8 Å². The third-order valence-corrected chi connectivity index (χ3v) is 6.21. The molecule has 0 spiro atoms. The van der Waals surface area contributed by atoms with Gasteiger partial charge in [-0.15, -0.1) is 11.8 Å². The van der Waals surface area contributed by atoms with Crippen molar-refractivity contribution in [2.75, 3.05) is 11.9 Å². The summed E-state index contributed by atoms with van der Waals surface area (Å²) in [7, 11) is 0. The third kappa shape index (κ3) is 3.48. The van der Waals surface area contributed by atoms with E-state index in [1.165, 1.54) is 42.6 Å². The first-order valence-electron chi connectivity index (χ1n) is 7.90. The molecular weight excluding hydrogens is 346 g/mol. The zero-order chi connectivity index (χ0) is 14.7. The number of halogens is 1. The second-order valence-electron chi connectivity index (χ2n) is 5.93. The highest BCUT2D eigenvalue weighted by Crippen LogP contribution is 2.38. The molecule has 2 nitrogen and oxygen atoms in total. The van der Waals surface area contributed by atoms with Crippen molar-refractivity contribution in [2.24, 2.45) is 0 Å². The van der Waals surface area contributed by atoms with E-state index in [-0.39, 0.29) is 5.25 Å². The zero-order valence-corrected chi connectivity index (χ0v) is 14.7. The smallest absolute Gasteiger partial charge is 0.236 e. The first kappa shape index (κ1) is 15.4. The fraction of sp³-hybridized carbons (Fsp3) is 0.588. The molecule has 1 aromatic carbocycles. The molecule has 0 N–H and O–H groups in total. The Bertz CT molecular complexity index is 476. The third-order valence-electron chi connectivity index (χ3n) is 4.55. The molecule has 0 bridgehead atoms. The van der Waals surface area contributed by atoms with E-state index in [0.717, 1.165) is 18.3 Å². The number of carbonyl (C=O) groups is 1. The molecule has 0 saturated heterocycles. The maximum absolute atomic E-state index is 13.0. The van der Waals surface area contributed by atoms with Crippen LogP contribution in [-0.2, 0) is 11.2 Å². The van der Waals surface area contributed by atoms with Gasteiger partial charge in [0, 0.05) is 22.8 Å². The number of hydrogen-bond donors (Lipinski definition) is 0. The molecule has 1 aromatic rings. The van der Waals surface area contributed by atoms with Gasteiger partial charge in [0.05, 0.1) is 5.25 Å². The number of rotatable bonds is 4. The molecule has 0 aromatic heterocycles. The topological polar surface area (TPSA) is 20.3 Å². The van der Waals surface area contributed by atoms with Crippen LogP contribution in [0.15, 0.2) is 29.2 Å². The zero-order valence-electron chi connectivity index (χ0n) is 12.3. The first-order chi connectivity index (χ1) is 10.3. The molecule has 114 valence electrons. The van der Waals surface area contributed by atoms with Gasteiger partial charge < -0.3 is 4.90 Å². The summed E-state index contributed by atoms with van der Waals surface area (Å²) < 4.78 is 0. The van der Waals surface area contributed by atoms with Gasteiger partial charge in [-0.3, -0.25) is 4.79 Å². The van der Waals surface area contributed by atoms with Crippen LogP contribution in [0.3, 0.4) is 0 Å². The van der Waals surface area contributed by atoms with Crippen LogP contribution in [0.1, 0.15) is 37.7 Å². The normalized spacial score (nSPS) is 22.0. The van der Waals surface area contributed by atoms with Crippen molar-refractivity contribution in [2.45, 2.75) is 54.7 Å². The molecule has 0 radical (unpaired) electrons. The van der Waals surface area contributed by atoms with E-state index in [2.05, 4.69) is 45.1 Å². The lowest BCUT2D eigenvalue weighted by Gasteiger charge is -2.35. The molecule has 1 aliphatic carbocycles. The number of carbonyl (C=O) groups excluding carboxylic acids is 1. The molecule has 1 heterocycles. The molecule has 1 aliphatic heterocycles. The largest absolute Gasteiger partial charge is 0.338 e. The Labute approximate surface area is 139 Å². The summed E-state index contributed by atoms with van der Waals surface area (Å²) in [6.07, 6.45) is 7.14. The van der Waals surface area contributed by atoms with E-state index < -0.39 is 0 Å². The molecule has 1 amide bonds. The van der Waals surface area contributed by atoms with Crippen LogP contribution in [0, 0.1) is 0 Å². The van der Waals surface area contributed by atoms with Crippen molar-refractivity contribution < 1.29 is 4.79 Å². The minimum absolute atomic E-state index is 0.0865. The van der Waals surface area contributed by atoms with Crippen molar-refractivity contribution in [1.29, 1.82) is 0 Å². The summed E-state index contributed by atoms with van der Waals surface area (Å²) in [5.41, 5.74) is 1.34. The maximum Gasteiger partial charge on any atom is 0.236 e. The molecule has 1 saturated carbocycles. The fourth-order valence-corrected chi connectivity index (χ4v) is 5.11. The van der Waals surface area contributed by atoms with Gasteiger partial charge in [-0.05, 0) is 30.9 Å². The van der Waals surface area contributed by atoms with E-state index in [4.69, 9.17) is 0 Å². The Hall–Kier alpha value is -0.480. The quantitative estimate of drug-likeness (QED) is 0.741. The van der Waals surface area contributed by atoms with Crippen LogP contribution in [0.4, 0.5) is 0 Å². The number of benzene rings is 1. The van der Waals surface area contributed by atoms with Crippen molar-refractivity contribution in [3.05, 3.63) is 29.8 Å². The molecule has 1 atom stereocenters. The van der Waals surface area contributed by atoms with Crippen LogP contribution in [0.5, 0.6) is 0 Å². The lowest BCUT2D eigenvalue weighted by Crippen LogP contribution is -2.46. The average molecular weight is 368 g/mol. The standard InChI is InChI=1S/C17H22BrNOS/c18-10-11-19(14-7-2-1-3-8-14)17(20)16-12-13-6-4-5-9-15(13)21-16/h4-6,9,14,16H,1-3,7-8,10-12H2. The van der Waals surface area contributed by atoms with E-state index in [1.807, 2.05) is 0 Å². The SMILES string of the molecule is O=C(C1Cc2ccccc2S1)N(CCBr)C1CCCCC1. The summed E-state index contributed by atoms with van der Waals surface area (Å²) in [6.45, 7) is 0.844. The lowest BCUT2D eigenvalue weighted by molar-refractivity contribution is -0.133. The monoisotopic (exact) mass is 367 g/mol. The number of thioether (sulfide) groups is 1. The Balaban J connectivity index is 1.70. The highest BCUT2D eigenvalue weighted by molar-refractivity contribution is 9.09. The molecular formula is C17H22BrNOS. The van der Waals surface area contributed by atoms with E-state index in [0.29, 0.717) is 11.9 Å². The predicted molar refractivity (Wildman–Crippen MR) is 92.2 cm³/mol. The molecule has 4 heteroatoms. The minimum atomic E-state index is 0.0865. The second kappa shape index (κ2) is 7.19. The summed E-state index contributed by atoms with van der Waals surface area (Å²) in [5.74, 6) is 0.350. The van der Waals surface area contributed by atoms with Gasteiger partial charge in [-0.2, -0.15) is 0 Å². The van der Waals surface area contributed by atoms with Crippen LogP contribution in [-0.4, -0.2) is 34.0 Å². The molecule has 21 heavy (non-hydrogen) atoms. The van der Waals surface area contributed by atoms with Gasteiger partial charge in [0.25, 0.3) is 0 Å². The summed E-state index contributed by atoms with van der Waals surface area (Å²) >= 11 is 5.28. The summed E-state index contributed by atoms with van der Waals surface area (Å²) in [6, 6.07) is 8.90. The van der Waals surface area contributed by atoms with Gasteiger partial charge in [0.15, 0.2) is 0 Å². The number of fused-ring (bicyclic) bond motifs is 1. The Morgan fingerprint density at radius 3 is 2.71 bits per heavy atom. The van der Waals surface area contributed by atoms with E-state index >= 15 is 0 Å². The Morgan fingerprint density at radius 1 is 1.24 bits per heavy atom. The molecule has 1 fully saturated rings. The number of hydrogen-bond acceptors (Lipinski definition) is 2. The average Bonchev–Trinajstić information content (AvgIpc) is 2.97. The Kier molecular flexibility index (Phi) is 5.28. The van der Waals surface area contributed by atoms with Gasteiger partial charge in [0.1, 0.15) is 0 Å². The van der Waals surface area contributed by atoms with Gasteiger partial charge in [-0.25, -0.2) is 0 Å². The van der Waals surface area contributed by atoms with Crippen LogP contribution in [0.25, 0.3) is 0 Å². The summed E-state index contributed by atoms with van der Waals surface area (Å²) in [4.78, 5) is 16.4. The molecule has 1 unspecified atom stereocenters. The van der Waals surface area contributed by atoms with Crippen molar-refractivity contribution in [3.63, 3.8) is 0 Å². The lowest BCUT2D eigenvalue weighted by atomic mass is 9.93. The molecule has 3 rings (SSSR count). The van der Waals surface area contributed by atoms with Gasteiger partial charge >= 0.3 is 0 Å². The highest BCUT2D eigenvalue weighted by atomic mass is 79.9. The van der Waals surface area contributed by atoms with Gasteiger partial charge in [0.2, 0.25) is 5.91 Å². The van der Waals surface area contributed by atoms with Crippen LogP contribution >= 0.6 is 27.7 Å². The first-order valence-corrected chi connectivity index (χ1v) is 9.90. The van der Waals surface area contributed by atoms with Crippen LogP contribution < -0.4 is 0 Å². The highest BCUT2D eigenvalue weighted by Gasteiger charge is 2.34. The van der Waals surface area contributed by atoms with Crippen molar-refractivity contribution >= 4 is 33.6 Å². The predicted octanol–water partition coefficient (Wildman–Crippen LogP) is 4.26. The van der Waals surface area contributed by atoms with Crippen molar-refractivity contribution in [3.8, 4) is 0 Å². The summed E-state index contributed by atoms with van der Waals surface area (Å²) in [5, 5.41) is 0.961. The van der Waals surface area contributed by atoms with Gasteiger partial charge in [-0.1, -0.05) is 53.4 Å². The minimum Gasteiger partial charge on any atom is -0.338 e. The number of nitrogens with zero attached hydrogens (tertiary/aromatic N) is 1. The Morgan fingerprint density at radius 2 is 2.00 bits per heavy atom.